The highest BCUT2D eigenvalue weighted by Crippen LogP contribution is 2.29. The van der Waals surface area contributed by atoms with Gasteiger partial charge in [0, 0.05) is 30.4 Å². The number of aryl methyl sites for hydroxylation is 1. The standard InChI is InChI=1S/C23H26N4O/c1-5-27(6-2)19-10-9-17(22(14-19)28-7-3)13-18(15-24)23-25-20-11-8-16(4)12-21(20)26-23/h8-14H,5-7H2,1-4H3,(H,25,26)/b18-13+. The molecule has 1 heterocycles. The highest BCUT2D eigenvalue weighted by atomic mass is 16.5. The van der Waals surface area contributed by atoms with Crippen LogP contribution in [0.15, 0.2) is 36.4 Å². The molecule has 0 radical (unpaired) electrons. The molecule has 0 amide bonds. The maximum absolute atomic E-state index is 9.73. The molecule has 0 unspecified atom stereocenters. The van der Waals surface area contributed by atoms with E-state index in [1.165, 1.54) is 0 Å². The Labute approximate surface area is 166 Å². The van der Waals surface area contributed by atoms with Gasteiger partial charge in [0.2, 0.25) is 0 Å². The van der Waals surface area contributed by atoms with Crippen LogP contribution >= 0.6 is 0 Å². The first-order valence-electron chi connectivity index (χ1n) is 9.69. The highest BCUT2D eigenvalue weighted by molar-refractivity contribution is 5.91. The van der Waals surface area contributed by atoms with Gasteiger partial charge in [-0.15, -0.1) is 0 Å². The number of H-pyrrole nitrogens is 1. The lowest BCUT2D eigenvalue weighted by Gasteiger charge is -2.22. The van der Waals surface area contributed by atoms with Crippen molar-refractivity contribution in [3.05, 3.63) is 53.3 Å². The van der Waals surface area contributed by atoms with Crippen molar-refractivity contribution in [2.24, 2.45) is 0 Å². The Bertz CT molecular complexity index is 1040. The Morgan fingerprint density at radius 2 is 1.96 bits per heavy atom. The van der Waals surface area contributed by atoms with Gasteiger partial charge >= 0.3 is 0 Å². The van der Waals surface area contributed by atoms with E-state index in [1.54, 1.807) is 0 Å². The van der Waals surface area contributed by atoms with Gasteiger partial charge in [-0.25, -0.2) is 4.98 Å². The topological polar surface area (TPSA) is 64.9 Å². The third-order valence-corrected chi connectivity index (χ3v) is 4.74. The molecular weight excluding hydrogens is 348 g/mol. The second-order valence-corrected chi connectivity index (χ2v) is 6.60. The van der Waals surface area contributed by atoms with Crippen LogP contribution in [0.5, 0.6) is 5.75 Å². The third-order valence-electron chi connectivity index (χ3n) is 4.74. The molecule has 3 rings (SSSR count). The lowest BCUT2D eigenvalue weighted by molar-refractivity contribution is 0.339. The van der Waals surface area contributed by atoms with Gasteiger partial charge in [-0.05, 0) is 63.6 Å². The summed E-state index contributed by atoms with van der Waals surface area (Å²) >= 11 is 0. The van der Waals surface area contributed by atoms with Gasteiger partial charge in [0.25, 0.3) is 0 Å². The lowest BCUT2D eigenvalue weighted by Crippen LogP contribution is -2.21. The number of allylic oxidation sites excluding steroid dienone is 1. The first kappa shape index (κ1) is 19.5. The number of fused-ring (bicyclic) bond motifs is 1. The van der Waals surface area contributed by atoms with Crippen molar-refractivity contribution in [1.82, 2.24) is 9.97 Å². The summed E-state index contributed by atoms with van der Waals surface area (Å²) in [5.74, 6) is 1.34. The van der Waals surface area contributed by atoms with Gasteiger partial charge in [-0.1, -0.05) is 6.07 Å². The average Bonchev–Trinajstić information content (AvgIpc) is 3.11. The molecule has 2 aromatic carbocycles. The van der Waals surface area contributed by atoms with Crippen molar-refractivity contribution in [2.75, 3.05) is 24.6 Å². The molecule has 0 saturated carbocycles. The number of rotatable bonds is 7. The summed E-state index contributed by atoms with van der Waals surface area (Å²) in [6, 6.07) is 14.4. The van der Waals surface area contributed by atoms with Crippen molar-refractivity contribution >= 4 is 28.4 Å². The van der Waals surface area contributed by atoms with Gasteiger partial charge in [-0.2, -0.15) is 5.26 Å². The van der Waals surface area contributed by atoms with Crippen molar-refractivity contribution in [3.63, 3.8) is 0 Å². The maximum atomic E-state index is 9.73. The van der Waals surface area contributed by atoms with Crippen LogP contribution in [0.25, 0.3) is 22.7 Å². The number of nitrogens with one attached hydrogen (secondary N) is 1. The molecule has 0 aliphatic rings. The van der Waals surface area contributed by atoms with Crippen LogP contribution in [0, 0.1) is 18.3 Å². The van der Waals surface area contributed by atoms with E-state index < -0.39 is 0 Å². The summed E-state index contributed by atoms with van der Waals surface area (Å²) in [5.41, 5.74) is 5.39. The molecule has 0 aliphatic carbocycles. The molecule has 28 heavy (non-hydrogen) atoms. The third kappa shape index (κ3) is 4.01. The van der Waals surface area contributed by atoms with E-state index in [0.717, 1.165) is 46.7 Å². The van der Waals surface area contributed by atoms with E-state index in [2.05, 4.69) is 40.9 Å². The van der Waals surface area contributed by atoms with E-state index in [1.807, 2.05) is 50.3 Å². The molecule has 5 heteroatoms. The van der Waals surface area contributed by atoms with E-state index in [4.69, 9.17) is 4.74 Å². The first-order chi connectivity index (χ1) is 13.6. The Balaban J connectivity index is 2.04. The van der Waals surface area contributed by atoms with Crippen LogP contribution in [0.3, 0.4) is 0 Å². The van der Waals surface area contributed by atoms with Crippen LogP contribution in [-0.2, 0) is 0 Å². The number of benzene rings is 2. The molecule has 0 bridgehead atoms. The minimum atomic E-state index is 0.477. The van der Waals surface area contributed by atoms with E-state index in [0.29, 0.717) is 18.0 Å². The highest BCUT2D eigenvalue weighted by Gasteiger charge is 2.12. The van der Waals surface area contributed by atoms with Crippen LogP contribution in [0.2, 0.25) is 0 Å². The zero-order chi connectivity index (χ0) is 20.1. The monoisotopic (exact) mass is 374 g/mol. The van der Waals surface area contributed by atoms with Crippen molar-refractivity contribution in [3.8, 4) is 11.8 Å². The van der Waals surface area contributed by atoms with Crippen LogP contribution in [0.1, 0.15) is 37.7 Å². The number of imidazole rings is 1. The Kier molecular flexibility index (Phi) is 6.00. The molecule has 0 saturated heterocycles. The number of aromatic nitrogens is 2. The molecule has 3 aromatic rings. The maximum Gasteiger partial charge on any atom is 0.149 e. The molecule has 0 atom stereocenters. The molecule has 0 spiro atoms. The molecule has 0 aliphatic heterocycles. The van der Waals surface area contributed by atoms with Gasteiger partial charge < -0.3 is 14.6 Å². The lowest BCUT2D eigenvalue weighted by atomic mass is 10.1. The second kappa shape index (κ2) is 8.62. The second-order valence-electron chi connectivity index (χ2n) is 6.60. The first-order valence-corrected chi connectivity index (χ1v) is 9.69. The van der Waals surface area contributed by atoms with E-state index >= 15 is 0 Å². The van der Waals surface area contributed by atoms with Gasteiger partial charge in [0.05, 0.1) is 23.2 Å². The smallest absolute Gasteiger partial charge is 0.149 e. The summed E-state index contributed by atoms with van der Waals surface area (Å²) in [4.78, 5) is 10.1. The minimum Gasteiger partial charge on any atom is -0.493 e. The van der Waals surface area contributed by atoms with Crippen LogP contribution in [-0.4, -0.2) is 29.7 Å². The zero-order valence-electron chi connectivity index (χ0n) is 16.9. The predicted octanol–water partition coefficient (Wildman–Crippen LogP) is 5.18. The molecule has 0 fully saturated rings. The number of anilines is 1. The Morgan fingerprint density at radius 3 is 2.64 bits per heavy atom. The van der Waals surface area contributed by atoms with Crippen molar-refractivity contribution < 1.29 is 4.74 Å². The Hall–Kier alpha value is -3.26. The van der Waals surface area contributed by atoms with Crippen LogP contribution < -0.4 is 9.64 Å². The largest absolute Gasteiger partial charge is 0.493 e. The molecule has 144 valence electrons. The SMILES string of the molecule is CCOc1cc(N(CC)CC)ccc1/C=C(\C#N)c1nc2ccc(C)cc2[nH]1. The van der Waals surface area contributed by atoms with Crippen molar-refractivity contribution in [2.45, 2.75) is 27.7 Å². The van der Waals surface area contributed by atoms with Gasteiger partial charge in [-0.3, -0.25) is 0 Å². The summed E-state index contributed by atoms with van der Waals surface area (Å²) in [6.45, 7) is 10.7. The summed E-state index contributed by atoms with van der Waals surface area (Å²) in [5, 5.41) is 9.73. The summed E-state index contributed by atoms with van der Waals surface area (Å²) < 4.78 is 5.86. The average molecular weight is 374 g/mol. The number of hydrogen-bond donors (Lipinski definition) is 1. The zero-order valence-corrected chi connectivity index (χ0v) is 16.9. The molecular formula is C23H26N4O. The molecule has 1 aromatic heterocycles. The summed E-state index contributed by atoms with van der Waals surface area (Å²) in [6.07, 6.45) is 1.83. The number of nitriles is 1. The van der Waals surface area contributed by atoms with E-state index in [9.17, 15) is 5.26 Å². The molecule has 1 N–H and O–H groups in total. The number of hydrogen-bond acceptors (Lipinski definition) is 4. The number of nitrogens with zero attached hydrogens (tertiary/aromatic N) is 3. The van der Waals surface area contributed by atoms with Crippen LogP contribution in [0.4, 0.5) is 5.69 Å². The molecule has 5 nitrogen and oxygen atoms in total. The van der Waals surface area contributed by atoms with Gasteiger partial charge in [0.15, 0.2) is 0 Å². The Morgan fingerprint density at radius 1 is 1.18 bits per heavy atom. The van der Waals surface area contributed by atoms with Gasteiger partial charge in [0.1, 0.15) is 17.6 Å². The minimum absolute atomic E-state index is 0.477. The van der Waals surface area contributed by atoms with E-state index in [-0.39, 0.29) is 0 Å². The number of ether oxygens (including phenoxy) is 1. The summed E-state index contributed by atoms with van der Waals surface area (Å²) in [7, 11) is 0. The normalized spacial score (nSPS) is 11.5. The fourth-order valence-corrected chi connectivity index (χ4v) is 3.27. The predicted molar refractivity (Wildman–Crippen MR) is 115 cm³/mol. The quantitative estimate of drug-likeness (QED) is 0.579. The fourth-order valence-electron chi connectivity index (χ4n) is 3.27. The fraction of sp³-hybridized carbons (Fsp3) is 0.304. The van der Waals surface area contributed by atoms with Crippen molar-refractivity contribution in [1.29, 1.82) is 5.26 Å². The number of aromatic amines is 1.